The van der Waals surface area contributed by atoms with Gasteiger partial charge in [-0.25, -0.2) is 0 Å². The molecule has 0 saturated carbocycles. The summed E-state index contributed by atoms with van der Waals surface area (Å²) >= 11 is 0. The largest absolute Gasteiger partial charge is 0.389 e. The number of carbonyl (C=O) groups is 1. The van der Waals surface area contributed by atoms with Crippen LogP contribution in [0.5, 0.6) is 0 Å². The lowest BCUT2D eigenvalue weighted by Gasteiger charge is -2.34. The Hall–Kier alpha value is -1.55. The molecule has 3 rings (SSSR count). The molecule has 2 aliphatic rings. The van der Waals surface area contributed by atoms with Gasteiger partial charge in [0.15, 0.2) is 0 Å². The molecular formula is C17H24N2O2. The Balaban J connectivity index is 1.64. The van der Waals surface area contributed by atoms with E-state index in [2.05, 4.69) is 30.0 Å². The van der Waals surface area contributed by atoms with E-state index < -0.39 is 6.10 Å². The average molecular weight is 288 g/mol. The number of likely N-dealkylation sites (tertiary alicyclic amines) is 1. The van der Waals surface area contributed by atoms with E-state index >= 15 is 0 Å². The Kier molecular flexibility index (Phi) is 4.15. The number of rotatable bonds is 4. The van der Waals surface area contributed by atoms with Crippen molar-refractivity contribution in [3.8, 4) is 0 Å². The van der Waals surface area contributed by atoms with Crippen molar-refractivity contribution in [2.45, 2.75) is 38.7 Å². The van der Waals surface area contributed by atoms with Crippen LogP contribution in [0.4, 0.5) is 5.69 Å². The summed E-state index contributed by atoms with van der Waals surface area (Å²) in [5.74, 6) is 0.184. The van der Waals surface area contributed by atoms with Crippen LogP contribution in [0.15, 0.2) is 18.2 Å². The highest BCUT2D eigenvalue weighted by molar-refractivity contribution is 5.78. The molecule has 0 aromatic heterocycles. The number of hydrogen-bond acceptors (Lipinski definition) is 3. The third-order valence-corrected chi connectivity index (χ3v) is 4.48. The number of amides is 1. The number of anilines is 1. The summed E-state index contributed by atoms with van der Waals surface area (Å²) in [6, 6.07) is 6.54. The molecule has 0 aliphatic carbocycles. The van der Waals surface area contributed by atoms with Crippen LogP contribution in [-0.4, -0.2) is 48.2 Å². The van der Waals surface area contributed by atoms with Gasteiger partial charge in [0.1, 0.15) is 0 Å². The maximum absolute atomic E-state index is 11.6. The Morgan fingerprint density at radius 2 is 1.86 bits per heavy atom. The van der Waals surface area contributed by atoms with Crippen LogP contribution in [0.25, 0.3) is 0 Å². The molecule has 0 radical (unpaired) electrons. The molecule has 1 amide bonds. The molecular weight excluding hydrogens is 264 g/mol. The Morgan fingerprint density at radius 1 is 1.14 bits per heavy atom. The van der Waals surface area contributed by atoms with E-state index in [0.29, 0.717) is 19.5 Å². The molecule has 4 nitrogen and oxygen atoms in total. The van der Waals surface area contributed by atoms with Gasteiger partial charge in [-0.3, -0.25) is 4.79 Å². The molecule has 1 unspecified atom stereocenters. The van der Waals surface area contributed by atoms with Gasteiger partial charge < -0.3 is 14.9 Å². The van der Waals surface area contributed by atoms with Gasteiger partial charge >= 0.3 is 0 Å². The Bertz CT molecular complexity index is 530. The molecule has 1 N–H and O–H groups in total. The van der Waals surface area contributed by atoms with E-state index in [4.69, 9.17) is 0 Å². The third-order valence-electron chi connectivity index (χ3n) is 4.48. The van der Waals surface area contributed by atoms with Crippen LogP contribution in [0.3, 0.4) is 0 Å². The quantitative estimate of drug-likeness (QED) is 0.917. The molecule has 1 atom stereocenters. The first-order chi connectivity index (χ1) is 10.1. The van der Waals surface area contributed by atoms with E-state index in [9.17, 15) is 9.90 Å². The monoisotopic (exact) mass is 288 g/mol. The molecule has 2 heterocycles. The maximum Gasteiger partial charge on any atom is 0.222 e. The van der Waals surface area contributed by atoms with Crippen LogP contribution >= 0.6 is 0 Å². The second kappa shape index (κ2) is 6.06. The number of β-amino-alcohol motifs (C(OH)–C–C–N with tert-alkyl or cyclic N) is 1. The lowest BCUT2D eigenvalue weighted by Crippen LogP contribution is -2.42. The molecule has 1 aromatic carbocycles. The molecule has 0 bridgehead atoms. The normalized spacial score (nSPS) is 19.8. The van der Waals surface area contributed by atoms with Gasteiger partial charge in [0.2, 0.25) is 5.91 Å². The smallest absolute Gasteiger partial charge is 0.222 e. The number of nitrogens with zero attached hydrogens (tertiary/aromatic N) is 2. The molecule has 21 heavy (non-hydrogen) atoms. The first-order valence-electron chi connectivity index (χ1n) is 7.94. The third kappa shape index (κ3) is 3.21. The zero-order valence-electron chi connectivity index (χ0n) is 12.7. The minimum absolute atomic E-state index is 0.184. The predicted molar refractivity (Wildman–Crippen MR) is 83.5 cm³/mol. The van der Waals surface area contributed by atoms with Gasteiger partial charge in [-0.1, -0.05) is 17.7 Å². The minimum atomic E-state index is -0.473. The minimum Gasteiger partial charge on any atom is -0.389 e. The molecule has 2 aliphatic heterocycles. The van der Waals surface area contributed by atoms with Crippen LogP contribution in [0.2, 0.25) is 0 Å². The fourth-order valence-corrected chi connectivity index (χ4v) is 3.46. The highest BCUT2D eigenvalue weighted by Gasteiger charge is 2.25. The SMILES string of the molecule is Cc1ccc2c(c1)CCCN2CC(O)CN1CCCC1=O. The second-order valence-electron chi connectivity index (χ2n) is 6.28. The number of carbonyl (C=O) groups excluding carboxylic acids is 1. The summed E-state index contributed by atoms with van der Waals surface area (Å²) in [5.41, 5.74) is 3.92. The van der Waals surface area contributed by atoms with Crippen molar-refractivity contribution in [2.24, 2.45) is 0 Å². The molecule has 1 fully saturated rings. The van der Waals surface area contributed by atoms with E-state index in [1.54, 1.807) is 4.90 Å². The number of aliphatic hydroxyl groups excluding tert-OH is 1. The zero-order valence-corrected chi connectivity index (χ0v) is 12.7. The summed E-state index contributed by atoms with van der Waals surface area (Å²) in [7, 11) is 0. The number of fused-ring (bicyclic) bond motifs is 1. The summed E-state index contributed by atoms with van der Waals surface area (Å²) in [4.78, 5) is 15.7. The van der Waals surface area contributed by atoms with Crippen molar-refractivity contribution >= 4 is 11.6 Å². The van der Waals surface area contributed by atoms with E-state index in [0.717, 1.165) is 32.4 Å². The van der Waals surface area contributed by atoms with Gasteiger partial charge in [-0.05, 0) is 37.8 Å². The van der Waals surface area contributed by atoms with Gasteiger partial charge in [0, 0.05) is 38.3 Å². The number of aryl methyl sites for hydroxylation is 2. The van der Waals surface area contributed by atoms with Crippen molar-refractivity contribution in [3.05, 3.63) is 29.3 Å². The number of hydrogen-bond donors (Lipinski definition) is 1. The van der Waals surface area contributed by atoms with Crippen LogP contribution < -0.4 is 4.90 Å². The highest BCUT2D eigenvalue weighted by Crippen LogP contribution is 2.28. The van der Waals surface area contributed by atoms with Crippen molar-refractivity contribution in [1.29, 1.82) is 0 Å². The summed E-state index contributed by atoms with van der Waals surface area (Å²) in [6.45, 7) is 4.98. The standard InChI is InChI=1S/C17H24N2O2/c1-13-6-7-16-14(10-13)4-2-8-18(16)11-15(20)12-19-9-3-5-17(19)21/h6-7,10,15,20H,2-5,8-9,11-12H2,1H3. The number of aliphatic hydroxyl groups is 1. The van der Waals surface area contributed by atoms with Crippen molar-refractivity contribution in [2.75, 3.05) is 31.1 Å². The van der Waals surface area contributed by atoms with Crippen LogP contribution in [0, 0.1) is 6.92 Å². The first kappa shape index (κ1) is 14.4. The Morgan fingerprint density at radius 3 is 2.62 bits per heavy atom. The molecule has 4 heteroatoms. The maximum atomic E-state index is 11.6. The zero-order chi connectivity index (χ0) is 14.8. The van der Waals surface area contributed by atoms with Gasteiger partial charge in [-0.15, -0.1) is 0 Å². The lowest BCUT2D eigenvalue weighted by molar-refractivity contribution is -0.128. The first-order valence-corrected chi connectivity index (χ1v) is 7.94. The van der Waals surface area contributed by atoms with E-state index in [1.165, 1.54) is 16.8 Å². The fourth-order valence-electron chi connectivity index (χ4n) is 3.46. The van der Waals surface area contributed by atoms with E-state index in [-0.39, 0.29) is 5.91 Å². The second-order valence-corrected chi connectivity index (χ2v) is 6.28. The van der Waals surface area contributed by atoms with E-state index in [1.807, 2.05) is 0 Å². The van der Waals surface area contributed by atoms with Gasteiger partial charge in [0.05, 0.1) is 6.10 Å². The summed E-state index contributed by atoms with van der Waals surface area (Å²) in [6.07, 6.45) is 3.34. The topological polar surface area (TPSA) is 43.8 Å². The highest BCUT2D eigenvalue weighted by atomic mass is 16.3. The fraction of sp³-hybridized carbons (Fsp3) is 0.588. The van der Waals surface area contributed by atoms with Gasteiger partial charge in [-0.2, -0.15) is 0 Å². The van der Waals surface area contributed by atoms with Crippen molar-refractivity contribution in [1.82, 2.24) is 4.90 Å². The van der Waals surface area contributed by atoms with Gasteiger partial charge in [0.25, 0.3) is 0 Å². The molecule has 1 aromatic rings. The molecule has 114 valence electrons. The summed E-state index contributed by atoms with van der Waals surface area (Å²) in [5, 5.41) is 10.3. The van der Waals surface area contributed by atoms with Crippen LogP contribution in [-0.2, 0) is 11.2 Å². The number of benzene rings is 1. The lowest BCUT2D eigenvalue weighted by atomic mass is 9.99. The van der Waals surface area contributed by atoms with Crippen molar-refractivity contribution in [3.63, 3.8) is 0 Å². The molecule has 1 saturated heterocycles. The summed E-state index contributed by atoms with van der Waals surface area (Å²) < 4.78 is 0. The van der Waals surface area contributed by atoms with Crippen LogP contribution in [0.1, 0.15) is 30.4 Å². The average Bonchev–Trinajstić information content (AvgIpc) is 2.84. The molecule has 0 spiro atoms. The predicted octanol–water partition coefficient (Wildman–Crippen LogP) is 1.73. The van der Waals surface area contributed by atoms with Crippen molar-refractivity contribution < 1.29 is 9.90 Å². The Labute approximate surface area is 126 Å².